The van der Waals surface area contributed by atoms with Crippen LogP contribution in [0.4, 0.5) is 0 Å². The second-order valence-corrected chi connectivity index (χ2v) is 5.88. The van der Waals surface area contributed by atoms with E-state index in [2.05, 4.69) is 0 Å². The first-order valence-electron chi connectivity index (χ1n) is 7.12. The Morgan fingerprint density at radius 3 is 2.59 bits per heavy atom. The molecule has 2 rings (SSSR count). The van der Waals surface area contributed by atoms with E-state index in [9.17, 15) is 9.90 Å². The smallest absolute Gasteiger partial charge is 0.222 e. The van der Waals surface area contributed by atoms with E-state index in [1.54, 1.807) is 0 Å². The quantitative estimate of drug-likeness (QED) is 0.802. The molecule has 2 fully saturated rings. The average Bonchev–Trinajstić information content (AvgIpc) is 2.34. The van der Waals surface area contributed by atoms with Gasteiger partial charge in [0, 0.05) is 19.5 Å². The van der Waals surface area contributed by atoms with Crippen molar-refractivity contribution in [2.45, 2.75) is 58.0 Å². The van der Waals surface area contributed by atoms with Crippen molar-refractivity contribution in [3.05, 3.63) is 0 Å². The van der Waals surface area contributed by atoms with E-state index in [1.807, 2.05) is 11.8 Å². The van der Waals surface area contributed by atoms with Crippen molar-refractivity contribution in [2.24, 2.45) is 11.8 Å². The zero-order valence-corrected chi connectivity index (χ0v) is 10.9. The van der Waals surface area contributed by atoms with E-state index >= 15 is 0 Å². The molecule has 2 unspecified atom stereocenters. The molecule has 1 heterocycles. The van der Waals surface area contributed by atoms with Crippen LogP contribution in [0, 0.1) is 11.8 Å². The maximum atomic E-state index is 12.2. The summed E-state index contributed by atoms with van der Waals surface area (Å²) in [4.78, 5) is 14.1. The molecule has 0 radical (unpaired) electrons. The van der Waals surface area contributed by atoms with Gasteiger partial charge >= 0.3 is 0 Å². The standard InChI is InChI=1S/C14H25NO2/c1-11-10-15(8-7-13(11)16)14(17)9-12-5-3-2-4-6-12/h11-13,16H,2-10H2,1H3. The Kier molecular flexibility index (Phi) is 4.43. The molecule has 0 aromatic carbocycles. The van der Waals surface area contributed by atoms with Crippen LogP contribution >= 0.6 is 0 Å². The number of amides is 1. The Labute approximate surface area is 104 Å². The first-order valence-corrected chi connectivity index (χ1v) is 7.12. The van der Waals surface area contributed by atoms with Crippen LogP contribution in [0.3, 0.4) is 0 Å². The molecule has 98 valence electrons. The molecule has 1 saturated carbocycles. The third-order valence-corrected chi connectivity index (χ3v) is 4.40. The van der Waals surface area contributed by atoms with Crippen LogP contribution in [0.15, 0.2) is 0 Å². The molecular formula is C14H25NO2. The van der Waals surface area contributed by atoms with E-state index in [-0.39, 0.29) is 12.0 Å². The summed E-state index contributed by atoms with van der Waals surface area (Å²) in [6.45, 7) is 3.52. The molecule has 1 aliphatic carbocycles. The van der Waals surface area contributed by atoms with Gasteiger partial charge in [-0.1, -0.05) is 26.2 Å². The molecule has 2 aliphatic rings. The van der Waals surface area contributed by atoms with E-state index in [0.29, 0.717) is 11.8 Å². The van der Waals surface area contributed by atoms with Gasteiger partial charge < -0.3 is 10.0 Å². The van der Waals surface area contributed by atoms with E-state index in [4.69, 9.17) is 0 Å². The largest absolute Gasteiger partial charge is 0.393 e. The molecule has 1 saturated heterocycles. The van der Waals surface area contributed by atoms with Crippen LogP contribution < -0.4 is 0 Å². The van der Waals surface area contributed by atoms with Gasteiger partial charge in [0.15, 0.2) is 0 Å². The SMILES string of the molecule is CC1CN(C(=O)CC2CCCCC2)CCC1O. The molecule has 17 heavy (non-hydrogen) atoms. The van der Waals surface area contributed by atoms with Crippen LogP contribution in [0.25, 0.3) is 0 Å². The molecule has 0 aromatic heterocycles. The normalized spacial score (nSPS) is 31.5. The van der Waals surface area contributed by atoms with Crippen molar-refractivity contribution >= 4 is 5.91 Å². The Morgan fingerprint density at radius 1 is 1.24 bits per heavy atom. The fraction of sp³-hybridized carbons (Fsp3) is 0.929. The predicted octanol–water partition coefficient (Wildman–Crippen LogP) is 2.19. The summed E-state index contributed by atoms with van der Waals surface area (Å²) in [6, 6.07) is 0. The number of rotatable bonds is 2. The number of nitrogens with zero attached hydrogens (tertiary/aromatic N) is 1. The summed E-state index contributed by atoms with van der Waals surface area (Å²) >= 11 is 0. The van der Waals surface area contributed by atoms with Gasteiger partial charge in [0.05, 0.1) is 6.10 Å². The number of carbonyl (C=O) groups is 1. The highest BCUT2D eigenvalue weighted by Crippen LogP contribution is 2.27. The van der Waals surface area contributed by atoms with Crippen molar-refractivity contribution < 1.29 is 9.90 Å². The van der Waals surface area contributed by atoms with Crippen LogP contribution in [-0.4, -0.2) is 35.1 Å². The van der Waals surface area contributed by atoms with E-state index in [1.165, 1.54) is 32.1 Å². The number of hydrogen-bond donors (Lipinski definition) is 1. The van der Waals surface area contributed by atoms with Gasteiger partial charge in [-0.05, 0) is 31.1 Å². The third kappa shape index (κ3) is 3.44. The number of carbonyl (C=O) groups excluding carboxylic acids is 1. The Balaban J connectivity index is 1.79. The zero-order valence-electron chi connectivity index (χ0n) is 10.9. The monoisotopic (exact) mass is 239 g/mol. The van der Waals surface area contributed by atoms with Gasteiger partial charge in [0.25, 0.3) is 0 Å². The molecular weight excluding hydrogens is 214 g/mol. The van der Waals surface area contributed by atoms with Crippen LogP contribution in [0.5, 0.6) is 0 Å². The highest BCUT2D eigenvalue weighted by atomic mass is 16.3. The number of piperidine rings is 1. The maximum Gasteiger partial charge on any atom is 0.222 e. The lowest BCUT2D eigenvalue weighted by molar-refractivity contribution is -0.136. The van der Waals surface area contributed by atoms with Crippen molar-refractivity contribution in [2.75, 3.05) is 13.1 Å². The molecule has 0 aromatic rings. The Bertz CT molecular complexity index is 261. The predicted molar refractivity (Wildman–Crippen MR) is 67.6 cm³/mol. The Morgan fingerprint density at radius 2 is 1.94 bits per heavy atom. The topological polar surface area (TPSA) is 40.5 Å². The van der Waals surface area contributed by atoms with Gasteiger partial charge in [0.1, 0.15) is 0 Å². The minimum atomic E-state index is -0.214. The molecule has 0 bridgehead atoms. The van der Waals surface area contributed by atoms with Crippen LogP contribution in [0.1, 0.15) is 51.9 Å². The second kappa shape index (κ2) is 5.85. The summed E-state index contributed by atoms with van der Waals surface area (Å²) < 4.78 is 0. The zero-order chi connectivity index (χ0) is 12.3. The number of likely N-dealkylation sites (tertiary alicyclic amines) is 1. The maximum absolute atomic E-state index is 12.2. The Hall–Kier alpha value is -0.570. The van der Waals surface area contributed by atoms with Gasteiger partial charge in [-0.3, -0.25) is 4.79 Å². The van der Waals surface area contributed by atoms with E-state index in [0.717, 1.165) is 25.9 Å². The van der Waals surface area contributed by atoms with Crippen molar-refractivity contribution in [1.29, 1.82) is 0 Å². The number of aliphatic hydroxyl groups is 1. The summed E-state index contributed by atoms with van der Waals surface area (Å²) in [5, 5.41) is 9.66. The minimum Gasteiger partial charge on any atom is -0.393 e. The third-order valence-electron chi connectivity index (χ3n) is 4.40. The fourth-order valence-electron chi connectivity index (χ4n) is 3.13. The van der Waals surface area contributed by atoms with Gasteiger partial charge in [-0.15, -0.1) is 0 Å². The van der Waals surface area contributed by atoms with E-state index < -0.39 is 0 Å². The molecule has 1 N–H and O–H groups in total. The van der Waals surface area contributed by atoms with Gasteiger partial charge in [-0.2, -0.15) is 0 Å². The van der Waals surface area contributed by atoms with Crippen molar-refractivity contribution in [3.63, 3.8) is 0 Å². The second-order valence-electron chi connectivity index (χ2n) is 5.88. The molecule has 0 spiro atoms. The van der Waals surface area contributed by atoms with Crippen molar-refractivity contribution in [1.82, 2.24) is 4.90 Å². The first-order chi connectivity index (χ1) is 8.16. The highest BCUT2D eigenvalue weighted by molar-refractivity contribution is 5.76. The lowest BCUT2D eigenvalue weighted by Gasteiger charge is -2.35. The lowest BCUT2D eigenvalue weighted by atomic mass is 9.86. The average molecular weight is 239 g/mol. The minimum absolute atomic E-state index is 0.214. The van der Waals surface area contributed by atoms with Crippen LogP contribution in [0.2, 0.25) is 0 Å². The highest BCUT2D eigenvalue weighted by Gasteiger charge is 2.28. The molecule has 3 heteroatoms. The van der Waals surface area contributed by atoms with Gasteiger partial charge in [0.2, 0.25) is 5.91 Å². The molecule has 3 nitrogen and oxygen atoms in total. The van der Waals surface area contributed by atoms with Crippen LogP contribution in [-0.2, 0) is 4.79 Å². The summed E-state index contributed by atoms with van der Waals surface area (Å²) in [6.07, 6.45) is 7.68. The summed E-state index contributed by atoms with van der Waals surface area (Å²) in [5.41, 5.74) is 0. The molecule has 1 aliphatic heterocycles. The van der Waals surface area contributed by atoms with Crippen molar-refractivity contribution in [3.8, 4) is 0 Å². The first kappa shape index (κ1) is 12.9. The fourth-order valence-corrected chi connectivity index (χ4v) is 3.13. The summed E-state index contributed by atoms with van der Waals surface area (Å²) in [5.74, 6) is 1.17. The lowest BCUT2D eigenvalue weighted by Crippen LogP contribution is -2.45. The number of hydrogen-bond acceptors (Lipinski definition) is 2. The van der Waals surface area contributed by atoms with Gasteiger partial charge in [-0.25, -0.2) is 0 Å². The molecule has 1 amide bonds. The number of aliphatic hydroxyl groups excluding tert-OH is 1. The summed E-state index contributed by atoms with van der Waals surface area (Å²) in [7, 11) is 0. The molecule has 2 atom stereocenters.